The van der Waals surface area contributed by atoms with Crippen LogP contribution in [0.25, 0.3) is 0 Å². The number of hydrogen-bond acceptors (Lipinski definition) is 4. The van der Waals surface area contributed by atoms with Crippen molar-refractivity contribution in [3.63, 3.8) is 0 Å². The van der Waals surface area contributed by atoms with Crippen LogP contribution in [0.3, 0.4) is 0 Å². The molecule has 4 heteroatoms. The van der Waals surface area contributed by atoms with Gasteiger partial charge in [-0.15, -0.1) is 0 Å². The zero-order valence-corrected chi connectivity index (χ0v) is 3.26. The van der Waals surface area contributed by atoms with Crippen LogP contribution in [0.1, 0.15) is 0 Å². The van der Waals surface area contributed by atoms with Crippen LogP contribution in [0.4, 0.5) is 0 Å². The minimum absolute atomic E-state index is 0.625. The number of hydrazine groups is 1. The van der Waals surface area contributed by atoms with E-state index in [1.165, 1.54) is 11.3 Å². The SMILES string of the molecule is NN1C=NNC1. The van der Waals surface area contributed by atoms with Crippen molar-refractivity contribution >= 4 is 6.34 Å². The molecular formula is C2H6N4. The van der Waals surface area contributed by atoms with Gasteiger partial charge in [-0.2, -0.15) is 5.10 Å². The van der Waals surface area contributed by atoms with Crippen molar-refractivity contribution in [1.82, 2.24) is 10.4 Å². The molecule has 0 unspecified atom stereocenters. The van der Waals surface area contributed by atoms with E-state index in [0.29, 0.717) is 6.67 Å². The first-order valence-electron chi connectivity index (χ1n) is 1.67. The molecule has 0 saturated carbocycles. The minimum Gasteiger partial charge on any atom is -0.288 e. The van der Waals surface area contributed by atoms with Crippen molar-refractivity contribution in [1.29, 1.82) is 0 Å². The molecular weight excluding hydrogens is 80.0 g/mol. The summed E-state index contributed by atoms with van der Waals surface area (Å²) in [6, 6.07) is 0. The molecule has 4 nitrogen and oxygen atoms in total. The second kappa shape index (κ2) is 1.14. The first-order chi connectivity index (χ1) is 2.89. The standard InChI is InChI=1S/C2H6N4/c3-6-1-4-5-2-6/h1,5H,2-3H2. The van der Waals surface area contributed by atoms with E-state index >= 15 is 0 Å². The molecule has 0 atom stereocenters. The normalized spacial score (nSPS) is 18.5. The van der Waals surface area contributed by atoms with Gasteiger partial charge in [0.15, 0.2) is 0 Å². The second-order valence-electron chi connectivity index (χ2n) is 1.08. The predicted octanol–water partition coefficient (Wildman–Crippen LogP) is -1.33. The third kappa shape index (κ3) is 0.414. The summed E-state index contributed by atoms with van der Waals surface area (Å²) >= 11 is 0. The van der Waals surface area contributed by atoms with Gasteiger partial charge in [0.1, 0.15) is 13.0 Å². The molecule has 0 fully saturated rings. The molecule has 0 saturated heterocycles. The third-order valence-electron chi connectivity index (χ3n) is 0.551. The lowest BCUT2D eigenvalue weighted by Gasteiger charge is -1.99. The highest BCUT2D eigenvalue weighted by Gasteiger charge is 1.92. The van der Waals surface area contributed by atoms with Crippen molar-refractivity contribution in [2.24, 2.45) is 10.9 Å². The Labute approximate surface area is 35.6 Å². The van der Waals surface area contributed by atoms with Gasteiger partial charge in [-0.1, -0.05) is 0 Å². The molecule has 3 N–H and O–H groups in total. The number of hydrazone groups is 1. The molecule has 0 aliphatic carbocycles. The molecule has 34 valence electrons. The van der Waals surface area contributed by atoms with Crippen molar-refractivity contribution < 1.29 is 0 Å². The fourth-order valence-corrected chi connectivity index (χ4v) is 0.278. The van der Waals surface area contributed by atoms with Gasteiger partial charge in [-0.05, 0) is 0 Å². The van der Waals surface area contributed by atoms with Crippen molar-refractivity contribution in [3.8, 4) is 0 Å². The van der Waals surface area contributed by atoms with Gasteiger partial charge in [0.2, 0.25) is 0 Å². The maximum atomic E-state index is 5.16. The van der Waals surface area contributed by atoms with Gasteiger partial charge < -0.3 is 0 Å². The van der Waals surface area contributed by atoms with Gasteiger partial charge in [-0.3, -0.25) is 10.4 Å². The summed E-state index contributed by atoms with van der Waals surface area (Å²) in [6.45, 7) is 0.625. The third-order valence-corrected chi connectivity index (χ3v) is 0.551. The van der Waals surface area contributed by atoms with E-state index in [4.69, 9.17) is 5.84 Å². The Morgan fingerprint density at radius 1 is 2.00 bits per heavy atom. The highest BCUT2D eigenvalue weighted by atomic mass is 15.6. The lowest BCUT2D eigenvalue weighted by atomic mass is 11.0. The molecule has 0 aromatic heterocycles. The van der Waals surface area contributed by atoms with Crippen molar-refractivity contribution in [2.75, 3.05) is 6.67 Å². The van der Waals surface area contributed by atoms with E-state index < -0.39 is 0 Å². The average Bonchev–Trinajstić information content (AvgIpc) is 1.86. The molecule has 1 aliphatic heterocycles. The van der Waals surface area contributed by atoms with Crippen LogP contribution < -0.4 is 11.3 Å². The van der Waals surface area contributed by atoms with Crippen LogP contribution in [-0.2, 0) is 0 Å². The number of hydrogen-bond donors (Lipinski definition) is 2. The molecule has 0 aromatic carbocycles. The Hall–Kier alpha value is -0.770. The van der Waals surface area contributed by atoms with Crippen LogP contribution in [-0.4, -0.2) is 18.0 Å². The van der Waals surface area contributed by atoms with Gasteiger partial charge in [0.25, 0.3) is 0 Å². The van der Waals surface area contributed by atoms with Crippen LogP contribution in [0.15, 0.2) is 5.10 Å². The largest absolute Gasteiger partial charge is 0.288 e. The van der Waals surface area contributed by atoms with E-state index in [1.54, 1.807) is 0 Å². The molecule has 6 heavy (non-hydrogen) atoms. The molecule has 1 rings (SSSR count). The van der Waals surface area contributed by atoms with Crippen molar-refractivity contribution in [2.45, 2.75) is 0 Å². The first-order valence-corrected chi connectivity index (χ1v) is 1.67. The van der Waals surface area contributed by atoms with E-state index in [1.807, 2.05) is 0 Å². The highest BCUT2D eigenvalue weighted by Crippen LogP contribution is 1.72. The molecule has 1 heterocycles. The predicted molar refractivity (Wildman–Crippen MR) is 22.5 cm³/mol. The fourth-order valence-electron chi connectivity index (χ4n) is 0.278. The molecule has 0 radical (unpaired) electrons. The Morgan fingerprint density at radius 2 is 2.83 bits per heavy atom. The monoisotopic (exact) mass is 86.1 g/mol. The van der Waals surface area contributed by atoms with Gasteiger partial charge in [-0.25, -0.2) is 5.84 Å². The summed E-state index contributed by atoms with van der Waals surface area (Å²) in [5, 5.41) is 5.05. The summed E-state index contributed by atoms with van der Waals surface area (Å²) in [7, 11) is 0. The molecule has 0 bridgehead atoms. The topological polar surface area (TPSA) is 53.6 Å². The van der Waals surface area contributed by atoms with Gasteiger partial charge in [0, 0.05) is 0 Å². The summed E-state index contributed by atoms with van der Waals surface area (Å²) in [5.41, 5.74) is 2.64. The number of nitrogens with two attached hydrogens (primary N) is 1. The van der Waals surface area contributed by atoms with Gasteiger partial charge >= 0.3 is 0 Å². The second-order valence-corrected chi connectivity index (χ2v) is 1.08. The number of nitrogens with zero attached hydrogens (tertiary/aromatic N) is 2. The molecule has 0 aromatic rings. The van der Waals surface area contributed by atoms with Crippen LogP contribution in [0.5, 0.6) is 0 Å². The van der Waals surface area contributed by atoms with E-state index in [-0.39, 0.29) is 0 Å². The van der Waals surface area contributed by atoms with Gasteiger partial charge in [0.05, 0.1) is 0 Å². The van der Waals surface area contributed by atoms with Crippen LogP contribution in [0, 0.1) is 0 Å². The number of nitrogens with one attached hydrogen (secondary N) is 1. The molecule has 0 amide bonds. The fraction of sp³-hybridized carbons (Fsp3) is 0.500. The van der Waals surface area contributed by atoms with E-state index in [2.05, 4.69) is 10.5 Å². The van der Waals surface area contributed by atoms with Crippen LogP contribution >= 0.6 is 0 Å². The maximum Gasteiger partial charge on any atom is 0.127 e. The summed E-state index contributed by atoms with van der Waals surface area (Å²) in [4.78, 5) is 0. The highest BCUT2D eigenvalue weighted by molar-refractivity contribution is 5.54. The zero-order valence-electron chi connectivity index (χ0n) is 3.26. The molecule has 0 spiro atoms. The maximum absolute atomic E-state index is 5.16. The first kappa shape index (κ1) is 3.42. The molecule has 1 aliphatic rings. The Bertz CT molecular complexity index is 67.9. The quantitative estimate of drug-likeness (QED) is 0.359. The lowest BCUT2D eigenvalue weighted by Crippen LogP contribution is -2.29. The zero-order chi connectivity index (χ0) is 4.41. The van der Waals surface area contributed by atoms with Crippen molar-refractivity contribution in [3.05, 3.63) is 0 Å². The minimum atomic E-state index is 0.625. The lowest BCUT2D eigenvalue weighted by molar-refractivity contribution is 0.454. The Kier molecular flexibility index (Phi) is 0.648. The summed E-state index contributed by atoms with van der Waals surface area (Å²) < 4.78 is 0. The number of rotatable bonds is 0. The Morgan fingerprint density at radius 3 is 3.00 bits per heavy atom. The summed E-state index contributed by atoms with van der Waals surface area (Å²) in [5.74, 6) is 5.16. The van der Waals surface area contributed by atoms with Crippen LogP contribution in [0.2, 0.25) is 0 Å². The smallest absolute Gasteiger partial charge is 0.127 e. The van der Waals surface area contributed by atoms with E-state index in [0.717, 1.165) is 0 Å². The summed E-state index contributed by atoms with van der Waals surface area (Å²) in [6.07, 6.45) is 1.53. The van der Waals surface area contributed by atoms with E-state index in [9.17, 15) is 0 Å². The Balaban J connectivity index is 2.38. The average molecular weight is 86.1 g/mol.